The molecule has 8 heteroatoms. The van der Waals surface area contributed by atoms with Gasteiger partial charge in [-0.15, -0.1) is 0 Å². The molecule has 0 saturated carbocycles. The summed E-state index contributed by atoms with van der Waals surface area (Å²) in [6, 6.07) is 14.4. The molecule has 0 unspecified atom stereocenters. The summed E-state index contributed by atoms with van der Waals surface area (Å²) < 4.78 is 26.5. The minimum Gasteiger partial charge on any atom is -0.355 e. The number of anilines is 1. The molecule has 0 aliphatic carbocycles. The van der Waals surface area contributed by atoms with E-state index in [9.17, 15) is 18.0 Å². The van der Waals surface area contributed by atoms with E-state index in [4.69, 9.17) is 0 Å². The van der Waals surface area contributed by atoms with Gasteiger partial charge in [0.2, 0.25) is 21.8 Å². The molecule has 0 heterocycles. The molecule has 0 aliphatic rings. The maximum atomic E-state index is 13.4. The summed E-state index contributed by atoms with van der Waals surface area (Å²) >= 11 is 0. The number of rotatable bonds is 10. The van der Waals surface area contributed by atoms with E-state index >= 15 is 0 Å². The van der Waals surface area contributed by atoms with Crippen LogP contribution in [0.15, 0.2) is 48.5 Å². The Morgan fingerprint density at radius 3 is 2.12 bits per heavy atom. The van der Waals surface area contributed by atoms with E-state index in [0.717, 1.165) is 27.3 Å². The first-order valence-corrected chi connectivity index (χ1v) is 12.6. The minimum absolute atomic E-state index is 0.271. The van der Waals surface area contributed by atoms with Gasteiger partial charge < -0.3 is 10.2 Å². The number of carbonyl (C=O) groups excluding carboxylic acids is 2. The number of carbonyl (C=O) groups is 2. The standard InChI is InChI=1S/C24H33N3O4S/c1-6-25-24(29)20(4)26(16-15-21-13-8-7-9-14-21)22(28)17-27(32(5,30)31)23-18(2)11-10-12-19(23)3/h7-14,20H,6,15-17H2,1-5H3,(H,25,29)/t20-/m0/s1. The third kappa shape index (κ3) is 6.56. The van der Waals surface area contributed by atoms with E-state index in [1.807, 2.05) is 69.3 Å². The topological polar surface area (TPSA) is 86.8 Å². The smallest absolute Gasteiger partial charge is 0.244 e. The van der Waals surface area contributed by atoms with Gasteiger partial charge in [-0.05, 0) is 50.8 Å². The number of para-hydroxylation sites is 1. The number of hydrogen-bond acceptors (Lipinski definition) is 4. The lowest BCUT2D eigenvalue weighted by molar-refractivity contribution is -0.138. The molecule has 0 aliphatic heterocycles. The van der Waals surface area contributed by atoms with Crippen molar-refractivity contribution in [2.24, 2.45) is 0 Å². The highest BCUT2D eigenvalue weighted by atomic mass is 32.2. The molecule has 32 heavy (non-hydrogen) atoms. The SMILES string of the molecule is CCNC(=O)[C@H](C)N(CCc1ccccc1)C(=O)CN(c1c(C)cccc1C)S(C)(=O)=O. The molecular weight excluding hydrogens is 426 g/mol. The summed E-state index contributed by atoms with van der Waals surface area (Å²) in [6.45, 7) is 7.48. The molecule has 2 amide bonds. The van der Waals surface area contributed by atoms with Crippen LogP contribution in [0.4, 0.5) is 5.69 Å². The van der Waals surface area contributed by atoms with Gasteiger partial charge in [0, 0.05) is 13.1 Å². The summed E-state index contributed by atoms with van der Waals surface area (Å²) in [5, 5.41) is 2.75. The number of benzene rings is 2. The monoisotopic (exact) mass is 459 g/mol. The van der Waals surface area contributed by atoms with Crippen LogP contribution in [-0.4, -0.2) is 57.1 Å². The van der Waals surface area contributed by atoms with Crippen LogP contribution in [0.1, 0.15) is 30.5 Å². The Hall–Kier alpha value is -2.87. The maximum absolute atomic E-state index is 13.4. The van der Waals surface area contributed by atoms with E-state index in [2.05, 4.69) is 5.32 Å². The summed E-state index contributed by atoms with van der Waals surface area (Å²) in [4.78, 5) is 27.4. The summed E-state index contributed by atoms with van der Waals surface area (Å²) in [7, 11) is -3.73. The Bertz CT molecular complexity index is 1020. The van der Waals surface area contributed by atoms with Crippen LogP contribution in [-0.2, 0) is 26.0 Å². The fourth-order valence-corrected chi connectivity index (χ4v) is 4.63. The Balaban J connectivity index is 2.36. The van der Waals surface area contributed by atoms with Gasteiger partial charge in [-0.1, -0.05) is 48.5 Å². The molecule has 7 nitrogen and oxygen atoms in total. The Labute approximate surface area is 191 Å². The lowest BCUT2D eigenvalue weighted by Gasteiger charge is -2.32. The number of hydrogen-bond donors (Lipinski definition) is 1. The normalized spacial score (nSPS) is 12.2. The highest BCUT2D eigenvalue weighted by Gasteiger charge is 2.30. The molecule has 0 radical (unpaired) electrons. The molecule has 174 valence electrons. The zero-order valence-corrected chi connectivity index (χ0v) is 20.3. The summed E-state index contributed by atoms with van der Waals surface area (Å²) in [5.74, 6) is -0.695. The third-order valence-corrected chi connectivity index (χ3v) is 6.48. The molecule has 0 aromatic heterocycles. The quantitative estimate of drug-likeness (QED) is 0.592. The van der Waals surface area contributed by atoms with Crippen LogP contribution >= 0.6 is 0 Å². The molecule has 0 bridgehead atoms. The van der Waals surface area contributed by atoms with Crippen LogP contribution in [0.2, 0.25) is 0 Å². The number of amides is 2. The van der Waals surface area contributed by atoms with Crippen molar-refractivity contribution in [1.82, 2.24) is 10.2 Å². The van der Waals surface area contributed by atoms with Crippen LogP contribution < -0.4 is 9.62 Å². The van der Waals surface area contributed by atoms with Crippen molar-refractivity contribution in [2.45, 2.75) is 40.2 Å². The lowest BCUT2D eigenvalue weighted by Crippen LogP contribution is -2.52. The van der Waals surface area contributed by atoms with E-state index in [-0.39, 0.29) is 12.5 Å². The predicted molar refractivity (Wildman–Crippen MR) is 128 cm³/mol. The fourth-order valence-electron chi connectivity index (χ4n) is 3.67. The number of nitrogens with zero attached hydrogens (tertiary/aromatic N) is 2. The molecule has 2 aromatic rings. The van der Waals surface area contributed by atoms with E-state index < -0.39 is 22.0 Å². The first-order chi connectivity index (χ1) is 15.1. The lowest BCUT2D eigenvalue weighted by atomic mass is 10.1. The average Bonchev–Trinajstić information content (AvgIpc) is 2.73. The van der Waals surface area contributed by atoms with Gasteiger partial charge in [-0.3, -0.25) is 13.9 Å². The Morgan fingerprint density at radius 2 is 1.59 bits per heavy atom. The van der Waals surface area contributed by atoms with Crippen molar-refractivity contribution in [3.05, 3.63) is 65.2 Å². The van der Waals surface area contributed by atoms with Gasteiger partial charge in [0.1, 0.15) is 12.6 Å². The second kappa shape index (κ2) is 11.1. The maximum Gasteiger partial charge on any atom is 0.244 e. The predicted octanol–water partition coefficient (Wildman–Crippen LogP) is 2.67. The Morgan fingerprint density at radius 1 is 1.00 bits per heavy atom. The van der Waals surface area contributed by atoms with Crippen molar-refractivity contribution in [3.8, 4) is 0 Å². The van der Waals surface area contributed by atoms with Gasteiger partial charge in [0.05, 0.1) is 11.9 Å². The van der Waals surface area contributed by atoms with Crippen LogP contribution in [0.3, 0.4) is 0 Å². The second-order valence-electron chi connectivity index (χ2n) is 7.90. The molecule has 0 saturated heterocycles. The van der Waals surface area contributed by atoms with Crippen molar-refractivity contribution < 1.29 is 18.0 Å². The molecule has 0 fully saturated rings. The van der Waals surface area contributed by atoms with E-state index in [1.54, 1.807) is 6.92 Å². The molecule has 2 rings (SSSR count). The molecule has 1 atom stereocenters. The number of likely N-dealkylation sites (N-methyl/N-ethyl adjacent to an activating group) is 1. The second-order valence-corrected chi connectivity index (χ2v) is 9.81. The fraction of sp³-hybridized carbons (Fsp3) is 0.417. The van der Waals surface area contributed by atoms with Crippen molar-refractivity contribution >= 4 is 27.5 Å². The molecule has 2 aromatic carbocycles. The first-order valence-electron chi connectivity index (χ1n) is 10.7. The van der Waals surface area contributed by atoms with E-state index in [1.165, 1.54) is 4.90 Å². The van der Waals surface area contributed by atoms with Crippen molar-refractivity contribution in [1.29, 1.82) is 0 Å². The third-order valence-electron chi connectivity index (χ3n) is 5.37. The van der Waals surface area contributed by atoms with Gasteiger partial charge in [0.25, 0.3) is 0 Å². The molecular formula is C24H33N3O4S. The van der Waals surface area contributed by atoms with Crippen molar-refractivity contribution in [2.75, 3.05) is 30.2 Å². The highest BCUT2D eigenvalue weighted by molar-refractivity contribution is 7.92. The van der Waals surface area contributed by atoms with E-state index in [0.29, 0.717) is 25.2 Å². The van der Waals surface area contributed by atoms with Crippen LogP contribution in [0.5, 0.6) is 0 Å². The van der Waals surface area contributed by atoms with Crippen LogP contribution in [0, 0.1) is 13.8 Å². The zero-order chi connectivity index (χ0) is 23.9. The number of aryl methyl sites for hydroxylation is 2. The zero-order valence-electron chi connectivity index (χ0n) is 19.5. The largest absolute Gasteiger partial charge is 0.355 e. The van der Waals surface area contributed by atoms with Gasteiger partial charge in [-0.2, -0.15) is 0 Å². The van der Waals surface area contributed by atoms with Gasteiger partial charge >= 0.3 is 0 Å². The highest BCUT2D eigenvalue weighted by Crippen LogP contribution is 2.27. The minimum atomic E-state index is -3.73. The van der Waals surface area contributed by atoms with Crippen LogP contribution in [0.25, 0.3) is 0 Å². The Kier molecular flexibility index (Phi) is 8.83. The number of sulfonamides is 1. The summed E-state index contributed by atoms with van der Waals surface area (Å²) in [6.07, 6.45) is 1.65. The van der Waals surface area contributed by atoms with Gasteiger partial charge in [-0.25, -0.2) is 8.42 Å². The van der Waals surface area contributed by atoms with Crippen molar-refractivity contribution in [3.63, 3.8) is 0 Å². The average molecular weight is 460 g/mol. The number of nitrogens with one attached hydrogen (secondary N) is 1. The molecule has 1 N–H and O–H groups in total. The molecule has 0 spiro atoms. The first kappa shape index (κ1) is 25.4. The summed E-state index contributed by atoms with van der Waals surface area (Å²) in [5.41, 5.74) is 3.05. The van der Waals surface area contributed by atoms with Gasteiger partial charge in [0.15, 0.2) is 0 Å².